The fourth-order valence-corrected chi connectivity index (χ4v) is 3.01. The van der Waals surface area contributed by atoms with Gasteiger partial charge in [-0.3, -0.25) is 0 Å². The van der Waals surface area contributed by atoms with Gasteiger partial charge in [-0.1, -0.05) is 17.7 Å². The Bertz CT molecular complexity index is 770. The summed E-state index contributed by atoms with van der Waals surface area (Å²) in [6.45, 7) is 1.84. The minimum absolute atomic E-state index is 0.0819. The lowest BCUT2D eigenvalue weighted by Gasteiger charge is -2.28. The van der Waals surface area contributed by atoms with Gasteiger partial charge in [0, 0.05) is 12.1 Å². The Kier molecular flexibility index (Phi) is 4.25. The molecule has 1 atom stereocenters. The number of alkyl halides is 3. The van der Waals surface area contributed by atoms with Gasteiger partial charge in [0.15, 0.2) is 0 Å². The zero-order valence-electron chi connectivity index (χ0n) is 13.1. The van der Waals surface area contributed by atoms with Crippen LogP contribution >= 0.6 is 0 Å². The van der Waals surface area contributed by atoms with Gasteiger partial charge >= 0.3 is 6.18 Å². The van der Waals surface area contributed by atoms with Crippen LogP contribution in [0.5, 0.6) is 5.75 Å². The standard InChI is InChI=1S/C18H17F4NO/c1-10-2-5-14(16(6-10)18(20,21)22)15-8-12(19)7-11-3-4-13(9-23)24-17(11)15/h2,5-8,13H,3-4,9,23H2,1H3/t13-/m1/s1. The lowest BCUT2D eigenvalue weighted by atomic mass is 9.92. The monoisotopic (exact) mass is 339 g/mol. The second-order valence-corrected chi connectivity index (χ2v) is 6.00. The molecule has 0 aromatic heterocycles. The van der Waals surface area contributed by atoms with Crippen molar-refractivity contribution in [3.05, 3.63) is 52.8 Å². The van der Waals surface area contributed by atoms with Gasteiger partial charge in [-0.2, -0.15) is 13.2 Å². The predicted molar refractivity (Wildman–Crippen MR) is 83.4 cm³/mol. The number of halogens is 4. The molecule has 2 aromatic rings. The quantitative estimate of drug-likeness (QED) is 0.819. The number of hydrogen-bond donors (Lipinski definition) is 1. The molecule has 0 saturated heterocycles. The first-order chi connectivity index (χ1) is 11.3. The van der Waals surface area contributed by atoms with Crippen LogP contribution in [0.4, 0.5) is 17.6 Å². The van der Waals surface area contributed by atoms with E-state index in [2.05, 4.69) is 0 Å². The largest absolute Gasteiger partial charge is 0.488 e. The van der Waals surface area contributed by atoms with Crippen LogP contribution in [-0.4, -0.2) is 12.6 Å². The Morgan fingerprint density at radius 2 is 1.92 bits per heavy atom. The Hall–Kier alpha value is -2.08. The van der Waals surface area contributed by atoms with Crippen LogP contribution in [0.25, 0.3) is 11.1 Å². The first-order valence-electron chi connectivity index (χ1n) is 7.67. The van der Waals surface area contributed by atoms with E-state index in [9.17, 15) is 17.6 Å². The van der Waals surface area contributed by atoms with Crippen molar-refractivity contribution >= 4 is 0 Å². The van der Waals surface area contributed by atoms with Crippen molar-refractivity contribution in [3.63, 3.8) is 0 Å². The molecule has 0 bridgehead atoms. The smallest absolute Gasteiger partial charge is 0.417 e. The molecule has 2 N–H and O–H groups in total. The SMILES string of the molecule is Cc1ccc(-c2cc(F)cc3c2O[C@@H](CN)CC3)c(C(F)(F)F)c1. The maximum absolute atomic E-state index is 14.0. The summed E-state index contributed by atoms with van der Waals surface area (Å²) in [5, 5.41) is 0. The number of nitrogens with two attached hydrogens (primary N) is 1. The van der Waals surface area contributed by atoms with E-state index in [1.54, 1.807) is 13.0 Å². The summed E-state index contributed by atoms with van der Waals surface area (Å²) >= 11 is 0. The zero-order chi connectivity index (χ0) is 17.5. The van der Waals surface area contributed by atoms with Gasteiger partial charge in [-0.05, 0) is 49.1 Å². The van der Waals surface area contributed by atoms with Gasteiger partial charge in [0.1, 0.15) is 17.7 Å². The summed E-state index contributed by atoms with van der Waals surface area (Å²) in [6, 6.07) is 6.41. The number of hydrogen-bond acceptors (Lipinski definition) is 2. The zero-order valence-corrected chi connectivity index (χ0v) is 13.1. The van der Waals surface area contributed by atoms with Crippen molar-refractivity contribution in [1.29, 1.82) is 0 Å². The van der Waals surface area contributed by atoms with Gasteiger partial charge in [0.2, 0.25) is 0 Å². The first kappa shape index (κ1) is 16.8. The number of ether oxygens (including phenoxy) is 1. The van der Waals surface area contributed by atoms with E-state index in [0.717, 1.165) is 12.1 Å². The normalized spacial score (nSPS) is 17.3. The fraction of sp³-hybridized carbons (Fsp3) is 0.333. The topological polar surface area (TPSA) is 35.2 Å². The molecule has 3 rings (SSSR count). The average Bonchev–Trinajstić information content (AvgIpc) is 2.53. The summed E-state index contributed by atoms with van der Waals surface area (Å²) < 4.78 is 60.0. The van der Waals surface area contributed by atoms with E-state index in [4.69, 9.17) is 10.5 Å². The Morgan fingerprint density at radius 1 is 1.17 bits per heavy atom. The summed E-state index contributed by atoms with van der Waals surface area (Å²) in [5.74, 6) is -0.278. The van der Waals surface area contributed by atoms with E-state index in [0.29, 0.717) is 29.7 Å². The molecular formula is C18H17F4NO. The number of benzene rings is 2. The number of fused-ring (bicyclic) bond motifs is 1. The molecule has 0 amide bonds. The molecular weight excluding hydrogens is 322 g/mol. The van der Waals surface area contributed by atoms with Gasteiger partial charge < -0.3 is 10.5 Å². The average molecular weight is 339 g/mol. The van der Waals surface area contributed by atoms with Crippen LogP contribution in [0.2, 0.25) is 0 Å². The minimum Gasteiger partial charge on any atom is -0.488 e. The molecule has 2 nitrogen and oxygen atoms in total. The van der Waals surface area contributed by atoms with Crippen molar-refractivity contribution in [2.75, 3.05) is 6.54 Å². The maximum atomic E-state index is 14.0. The molecule has 6 heteroatoms. The fourth-order valence-electron chi connectivity index (χ4n) is 3.01. The second kappa shape index (κ2) is 6.09. The molecule has 128 valence electrons. The van der Waals surface area contributed by atoms with Crippen LogP contribution < -0.4 is 10.5 Å². The summed E-state index contributed by atoms with van der Waals surface area (Å²) in [5.41, 5.74) is 5.92. The van der Waals surface area contributed by atoms with Crippen molar-refractivity contribution in [3.8, 4) is 16.9 Å². The number of rotatable bonds is 2. The van der Waals surface area contributed by atoms with Gasteiger partial charge in [-0.15, -0.1) is 0 Å². The van der Waals surface area contributed by atoms with Crippen molar-refractivity contribution in [2.24, 2.45) is 5.73 Å². The Balaban J connectivity index is 2.23. The molecule has 1 aliphatic heterocycles. The van der Waals surface area contributed by atoms with E-state index in [1.807, 2.05) is 0 Å². The Morgan fingerprint density at radius 3 is 2.58 bits per heavy atom. The predicted octanol–water partition coefficient (Wildman–Crippen LogP) is 4.47. The lowest BCUT2D eigenvalue weighted by molar-refractivity contribution is -0.137. The molecule has 0 saturated carbocycles. The van der Waals surface area contributed by atoms with E-state index >= 15 is 0 Å². The molecule has 1 heterocycles. The molecule has 0 radical (unpaired) electrons. The summed E-state index contributed by atoms with van der Waals surface area (Å²) in [7, 11) is 0. The van der Waals surface area contributed by atoms with Gasteiger partial charge in [0.05, 0.1) is 5.56 Å². The third-order valence-electron chi connectivity index (χ3n) is 4.18. The second-order valence-electron chi connectivity index (χ2n) is 6.00. The van der Waals surface area contributed by atoms with Gasteiger partial charge in [0.25, 0.3) is 0 Å². The highest BCUT2D eigenvalue weighted by Gasteiger charge is 2.35. The third kappa shape index (κ3) is 3.11. The molecule has 0 unspecified atom stereocenters. The van der Waals surface area contributed by atoms with Crippen molar-refractivity contribution < 1.29 is 22.3 Å². The molecule has 2 aromatic carbocycles. The molecule has 0 spiro atoms. The highest BCUT2D eigenvalue weighted by atomic mass is 19.4. The molecule has 24 heavy (non-hydrogen) atoms. The molecule has 1 aliphatic rings. The van der Waals surface area contributed by atoms with Gasteiger partial charge in [-0.25, -0.2) is 4.39 Å². The van der Waals surface area contributed by atoms with E-state index in [1.165, 1.54) is 12.1 Å². The minimum atomic E-state index is -4.54. The maximum Gasteiger partial charge on any atom is 0.417 e. The van der Waals surface area contributed by atoms with Crippen LogP contribution in [-0.2, 0) is 12.6 Å². The van der Waals surface area contributed by atoms with Crippen LogP contribution in [0, 0.1) is 12.7 Å². The first-order valence-corrected chi connectivity index (χ1v) is 7.67. The van der Waals surface area contributed by atoms with Crippen molar-refractivity contribution in [2.45, 2.75) is 32.0 Å². The molecule has 0 aliphatic carbocycles. The van der Waals surface area contributed by atoms with E-state index in [-0.39, 0.29) is 23.8 Å². The highest BCUT2D eigenvalue weighted by Crippen LogP contribution is 2.44. The van der Waals surface area contributed by atoms with E-state index < -0.39 is 17.6 Å². The lowest BCUT2D eigenvalue weighted by Crippen LogP contribution is -2.30. The highest BCUT2D eigenvalue weighted by molar-refractivity contribution is 5.76. The van der Waals surface area contributed by atoms with Crippen molar-refractivity contribution in [1.82, 2.24) is 0 Å². The Labute approximate surface area is 137 Å². The summed E-state index contributed by atoms with van der Waals surface area (Å²) in [6.07, 6.45) is -3.68. The summed E-state index contributed by atoms with van der Waals surface area (Å²) in [4.78, 5) is 0. The number of aryl methyl sites for hydroxylation is 2. The van der Waals surface area contributed by atoms with Crippen LogP contribution in [0.3, 0.4) is 0 Å². The third-order valence-corrected chi connectivity index (χ3v) is 4.18. The van der Waals surface area contributed by atoms with Crippen LogP contribution in [0.15, 0.2) is 30.3 Å². The molecule has 0 fully saturated rings. The van der Waals surface area contributed by atoms with Crippen LogP contribution in [0.1, 0.15) is 23.1 Å².